The van der Waals surface area contributed by atoms with Gasteiger partial charge in [-0.1, -0.05) is 30.3 Å². The predicted molar refractivity (Wildman–Crippen MR) is 53.7 cm³/mol. The molecule has 2 aromatic rings. The van der Waals surface area contributed by atoms with E-state index < -0.39 is 0 Å². The molecule has 0 aliphatic carbocycles. The second kappa shape index (κ2) is 3.67. The first-order valence-electron chi connectivity index (χ1n) is 4.16. The van der Waals surface area contributed by atoms with E-state index in [1.54, 1.807) is 12.3 Å². The van der Waals surface area contributed by atoms with E-state index >= 15 is 0 Å². The first-order chi connectivity index (χ1) is 6.90. The number of hydrogen-bond acceptors (Lipinski definition) is 2. The summed E-state index contributed by atoms with van der Waals surface area (Å²) in [4.78, 5) is 11.1. The first kappa shape index (κ1) is 8.39. The Morgan fingerprint density at radius 3 is 2.57 bits per heavy atom. The lowest BCUT2D eigenvalue weighted by Gasteiger charge is -1.96. The highest BCUT2D eigenvalue weighted by Gasteiger charge is 2.02. The van der Waals surface area contributed by atoms with E-state index in [9.17, 15) is 0 Å². The molecule has 0 amide bonds. The van der Waals surface area contributed by atoms with Crippen molar-refractivity contribution in [3.8, 4) is 11.3 Å². The summed E-state index contributed by atoms with van der Waals surface area (Å²) in [6.45, 7) is 6.80. The van der Waals surface area contributed by atoms with Crippen LogP contribution in [-0.4, -0.2) is 9.97 Å². The van der Waals surface area contributed by atoms with E-state index in [4.69, 9.17) is 6.57 Å². The minimum Gasteiger partial charge on any atom is -0.394 e. The molecule has 0 aliphatic heterocycles. The Bertz CT molecular complexity index is 471. The molecule has 0 radical (unpaired) electrons. The molecule has 0 saturated heterocycles. The number of aromatic nitrogens is 2. The molecular formula is C11H7N3. The maximum Gasteiger partial charge on any atom is 0.372 e. The standard InChI is InChI=1S/C11H7N3/c1-12-11-13-8-7-10(14-11)9-5-3-2-4-6-9/h2-8H. The van der Waals surface area contributed by atoms with E-state index in [0.717, 1.165) is 11.3 Å². The fourth-order valence-electron chi connectivity index (χ4n) is 1.17. The van der Waals surface area contributed by atoms with Crippen LogP contribution in [0.3, 0.4) is 0 Å². The van der Waals surface area contributed by atoms with Crippen molar-refractivity contribution < 1.29 is 0 Å². The average molecular weight is 181 g/mol. The molecule has 0 aliphatic rings. The lowest BCUT2D eigenvalue weighted by atomic mass is 10.1. The number of benzene rings is 1. The molecule has 0 saturated carbocycles. The second-order valence-electron chi connectivity index (χ2n) is 2.72. The largest absolute Gasteiger partial charge is 0.394 e. The number of nitrogens with zero attached hydrogens (tertiary/aromatic N) is 3. The zero-order valence-corrected chi connectivity index (χ0v) is 7.38. The van der Waals surface area contributed by atoms with Gasteiger partial charge in [-0.3, -0.25) is 0 Å². The second-order valence-corrected chi connectivity index (χ2v) is 2.72. The minimum absolute atomic E-state index is 0.186. The molecule has 14 heavy (non-hydrogen) atoms. The van der Waals surface area contributed by atoms with Crippen molar-refractivity contribution >= 4 is 5.95 Å². The highest BCUT2D eigenvalue weighted by atomic mass is 15.0. The molecule has 3 heteroatoms. The topological polar surface area (TPSA) is 30.1 Å². The Labute approximate surface area is 81.9 Å². The lowest BCUT2D eigenvalue weighted by molar-refractivity contribution is 1.21. The van der Waals surface area contributed by atoms with Gasteiger partial charge in [-0.15, -0.1) is 11.6 Å². The van der Waals surface area contributed by atoms with Crippen LogP contribution in [-0.2, 0) is 0 Å². The third kappa shape index (κ3) is 1.59. The van der Waals surface area contributed by atoms with Gasteiger partial charge in [-0.05, 0) is 0 Å². The van der Waals surface area contributed by atoms with Gasteiger partial charge in [0.05, 0.1) is 6.20 Å². The van der Waals surface area contributed by atoms with Crippen molar-refractivity contribution in [3.63, 3.8) is 0 Å². The molecular weight excluding hydrogens is 174 g/mol. The highest BCUT2D eigenvalue weighted by Crippen LogP contribution is 2.17. The fourth-order valence-corrected chi connectivity index (χ4v) is 1.17. The summed E-state index contributed by atoms with van der Waals surface area (Å²) in [6.07, 6.45) is 1.60. The minimum atomic E-state index is 0.186. The van der Waals surface area contributed by atoms with Crippen molar-refractivity contribution in [2.75, 3.05) is 0 Å². The smallest absolute Gasteiger partial charge is 0.372 e. The lowest BCUT2D eigenvalue weighted by Crippen LogP contribution is -1.84. The summed E-state index contributed by atoms with van der Waals surface area (Å²) < 4.78 is 0. The zero-order chi connectivity index (χ0) is 9.80. The van der Waals surface area contributed by atoms with Crippen molar-refractivity contribution in [2.24, 2.45) is 0 Å². The Hall–Kier alpha value is -2.21. The first-order valence-corrected chi connectivity index (χ1v) is 4.16. The quantitative estimate of drug-likeness (QED) is 0.633. The average Bonchev–Trinajstić information content (AvgIpc) is 2.30. The van der Waals surface area contributed by atoms with Gasteiger partial charge in [0, 0.05) is 11.6 Å². The van der Waals surface area contributed by atoms with Crippen molar-refractivity contribution in [3.05, 3.63) is 54.0 Å². The van der Waals surface area contributed by atoms with Gasteiger partial charge in [0.25, 0.3) is 0 Å². The van der Waals surface area contributed by atoms with Gasteiger partial charge < -0.3 is 4.85 Å². The van der Waals surface area contributed by atoms with Crippen molar-refractivity contribution in [1.82, 2.24) is 9.97 Å². The Morgan fingerprint density at radius 1 is 1.07 bits per heavy atom. The van der Waals surface area contributed by atoms with Gasteiger partial charge in [0.2, 0.25) is 0 Å². The SMILES string of the molecule is [C-]#[N+]c1nccc(-c2ccccc2)n1. The number of rotatable bonds is 1. The summed E-state index contributed by atoms with van der Waals surface area (Å²) >= 11 is 0. The fraction of sp³-hybridized carbons (Fsp3) is 0. The Balaban J connectivity index is 2.49. The van der Waals surface area contributed by atoms with Gasteiger partial charge >= 0.3 is 5.95 Å². The van der Waals surface area contributed by atoms with Gasteiger partial charge in [0.1, 0.15) is 5.69 Å². The summed E-state index contributed by atoms with van der Waals surface area (Å²) in [6, 6.07) is 11.5. The molecule has 66 valence electrons. The zero-order valence-electron chi connectivity index (χ0n) is 7.38. The molecule has 0 fully saturated rings. The van der Waals surface area contributed by atoms with Crippen LogP contribution in [0.4, 0.5) is 5.95 Å². The highest BCUT2D eigenvalue weighted by molar-refractivity contribution is 5.59. The van der Waals surface area contributed by atoms with E-state index in [1.807, 2.05) is 30.3 Å². The van der Waals surface area contributed by atoms with Gasteiger partial charge in [-0.25, -0.2) is 0 Å². The van der Waals surface area contributed by atoms with E-state index in [2.05, 4.69) is 14.8 Å². The molecule has 0 atom stereocenters. The molecule has 0 N–H and O–H groups in total. The predicted octanol–water partition coefficient (Wildman–Crippen LogP) is 2.69. The van der Waals surface area contributed by atoms with Crippen molar-refractivity contribution in [1.29, 1.82) is 0 Å². The molecule has 0 bridgehead atoms. The van der Waals surface area contributed by atoms with Crippen molar-refractivity contribution in [2.45, 2.75) is 0 Å². The van der Waals surface area contributed by atoms with Crippen LogP contribution in [0, 0.1) is 6.57 Å². The van der Waals surface area contributed by atoms with Crippen LogP contribution in [0.25, 0.3) is 16.1 Å². The molecule has 3 nitrogen and oxygen atoms in total. The van der Waals surface area contributed by atoms with Crippen LogP contribution in [0.2, 0.25) is 0 Å². The summed E-state index contributed by atoms with van der Waals surface area (Å²) in [5.74, 6) is 0.186. The molecule has 2 rings (SSSR count). The third-order valence-corrected chi connectivity index (χ3v) is 1.81. The van der Waals surface area contributed by atoms with Gasteiger partial charge in [0.15, 0.2) is 0 Å². The molecule has 1 heterocycles. The van der Waals surface area contributed by atoms with Crippen LogP contribution >= 0.6 is 0 Å². The Kier molecular flexibility index (Phi) is 2.20. The maximum absolute atomic E-state index is 6.80. The summed E-state index contributed by atoms with van der Waals surface area (Å²) in [7, 11) is 0. The van der Waals surface area contributed by atoms with E-state index in [1.165, 1.54) is 0 Å². The van der Waals surface area contributed by atoms with Crippen LogP contribution in [0.15, 0.2) is 42.6 Å². The molecule has 1 aromatic carbocycles. The summed E-state index contributed by atoms with van der Waals surface area (Å²) in [5, 5.41) is 0. The van der Waals surface area contributed by atoms with E-state index in [-0.39, 0.29) is 5.95 Å². The van der Waals surface area contributed by atoms with Gasteiger partial charge in [-0.2, -0.15) is 4.98 Å². The monoisotopic (exact) mass is 181 g/mol. The van der Waals surface area contributed by atoms with Crippen LogP contribution in [0.5, 0.6) is 0 Å². The molecule has 0 spiro atoms. The van der Waals surface area contributed by atoms with Crippen LogP contribution < -0.4 is 0 Å². The normalized spacial score (nSPS) is 9.36. The number of hydrogen-bond donors (Lipinski definition) is 0. The molecule has 1 aromatic heterocycles. The third-order valence-electron chi connectivity index (χ3n) is 1.81. The maximum atomic E-state index is 6.80. The van der Waals surface area contributed by atoms with Crippen LogP contribution in [0.1, 0.15) is 0 Å². The molecule has 0 unspecified atom stereocenters. The summed E-state index contributed by atoms with van der Waals surface area (Å²) in [5.41, 5.74) is 1.78. The Morgan fingerprint density at radius 2 is 1.86 bits per heavy atom. The van der Waals surface area contributed by atoms with E-state index in [0.29, 0.717) is 0 Å².